The van der Waals surface area contributed by atoms with Crippen LogP contribution in [0.1, 0.15) is 11.1 Å². The van der Waals surface area contributed by atoms with E-state index in [1.165, 1.54) is 13.2 Å². The Morgan fingerprint density at radius 1 is 1.60 bits per heavy atom. The number of nitrogen functional groups attached to an aromatic ring is 1. The van der Waals surface area contributed by atoms with Crippen LogP contribution in [0.4, 0.5) is 5.69 Å². The molecule has 0 saturated heterocycles. The minimum absolute atomic E-state index is 0.180. The monoisotopic (exact) mass is 202 g/mol. The molecular formula is C11H10N2O2. The Morgan fingerprint density at radius 3 is 2.73 bits per heavy atom. The summed E-state index contributed by atoms with van der Waals surface area (Å²) in [5.41, 5.74) is 7.11. The highest BCUT2D eigenvalue weighted by Gasteiger charge is 2.12. The summed E-state index contributed by atoms with van der Waals surface area (Å²) in [6.45, 7) is 3.57. The number of hydrogen-bond acceptors (Lipinski definition) is 4. The summed E-state index contributed by atoms with van der Waals surface area (Å²) in [6, 6.07) is 6.59. The van der Waals surface area contributed by atoms with Crippen molar-refractivity contribution in [3.05, 3.63) is 35.9 Å². The van der Waals surface area contributed by atoms with Crippen LogP contribution < -0.4 is 5.73 Å². The Labute approximate surface area is 87.6 Å². The van der Waals surface area contributed by atoms with Gasteiger partial charge in [-0.3, -0.25) is 0 Å². The summed E-state index contributed by atoms with van der Waals surface area (Å²) >= 11 is 0. The standard InChI is InChI=1S/C11H10N2O2/c1-7(11(14)15-2)9-4-3-8(6-12)5-10(9)13/h3-5H,1,13H2,2H3. The van der Waals surface area contributed by atoms with E-state index in [1.807, 2.05) is 6.07 Å². The van der Waals surface area contributed by atoms with E-state index in [9.17, 15) is 4.79 Å². The molecule has 0 fully saturated rings. The van der Waals surface area contributed by atoms with Crippen molar-refractivity contribution in [2.75, 3.05) is 12.8 Å². The summed E-state index contributed by atoms with van der Waals surface area (Å²) in [5, 5.41) is 8.63. The molecule has 0 unspecified atom stereocenters. The van der Waals surface area contributed by atoms with Gasteiger partial charge in [0.25, 0.3) is 0 Å². The molecule has 0 aromatic heterocycles. The number of ether oxygens (including phenoxy) is 1. The lowest BCUT2D eigenvalue weighted by Gasteiger charge is -2.06. The number of esters is 1. The van der Waals surface area contributed by atoms with Crippen LogP contribution in [-0.2, 0) is 9.53 Å². The average Bonchev–Trinajstić information content (AvgIpc) is 2.26. The van der Waals surface area contributed by atoms with Crippen LogP contribution >= 0.6 is 0 Å². The fourth-order valence-corrected chi connectivity index (χ4v) is 1.14. The maximum atomic E-state index is 11.2. The van der Waals surface area contributed by atoms with Gasteiger partial charge in [-0.25, -0.2) is 4.79 Å². The van der Waals surface area contributed by atoms with Gasteiger partial charge in [0.05, 0.1) is 24.3 Å². The van der Waals surface area contributed by atoms with Crippen LogP contribution in [0.3, 0.4) is 0 Å². The van der Waals surface area contributed by atoms with Crippen molar-refractivity contribution >= 4 is 17.2 Å². The van der Waals surface area contributed by atoms with Crippen LogP contribution in [-0.4, -0.2) is 13.1 Å². The number of carbonyl (C=O) groups excluding carboxylic acids is 1. The second-order valence-corrected chi connectivity index (χ2v) is 2.88. The van der Waals surface area contributed by atoms with Crippen molar-refractivity contribution in [1.82, 2.24) is 0 Å². The van der Waals surface area contributed by atoms with Gasteiger partial charge in [-0.1, -0.05) is 12.6 Å². The van der Waals surface area contributed by atoms with Gasteiger partial charge in [-0.05, 0) is 12.1 Å². The lowest BCUT2D eigenvalue weighted by atomic mass is 10.0. The zero-order valence-corrected chi connectivity index (χ0v) is 8.28. The molecule has 0 bridgehead atoms. The molecule has 0 radical (unpaired) electrons. The number of anilines is 1. The molecule has 0 atom stereocenters. The summed E-state index contributed by atoms with van der Waals surface area (Å²) in [4.78, 5) is 11.2. The maximum absolute atomic E-state index is 11.2. The Morgan fingerprint density at radius 2 is 2.27 bits per heavy atom. The minimum Gasteiger partial charge on any atom is -0.465 e. The summed E-state index contributed by atoms with van der Waals surface area (Å²) < 4.78 is 4.52. The number of nitrogens with two attached hydrogens (primary N) is 1. The van der Waals surface area contributed by atoms with Crippen LogP contribution in [0, 0.1) is 11.3 Å². The highest BCUT2D eigenvalue weighted by atomic mass is 16.5. The third-order valence-corrected chi connectivity index (χ3v) is 1.94. The molecule has 0 aliphatic rings. The first kappa shape index (κ1) is 10.8. The lowest BCUT2D eigenvalue weighted by Crippen LogP contribution is -2.05. The molecule has 1 aromatic rings. The maximum Gasteiger partial charge on any atom is 0.337 e. The number of benzene rings is 1. The van der Waals surface area contributed by atoms with E-state index in [2.05, 4.69) is 11.3 Å². The number of rotatable bonds is 2. The van der Waals surface area contributed by atoms with Crippen molar-refractivity contribution in [2.45, 2.75) is 0 Å². The van der Waals surface area contributed by atoms with E-state index in [0.717, 1.165) is 0 Å². The van der Waals surface area contributed by atoms with Gasteiger partial charge in [0.2, 0.25) is 0 Å². The molecule has 4 heteroatoms. The molecule has 0 amide bonds. The van der Waals surface area contributed by atoms with Gasteiger partial charge < -0.3 is 10.5 Å². The molecule has 2 N–H and O–H groups in total. The Balaban J connectivity index is 3.13. The first-order chi connectivity index (χ1) is 7.10. The Kier molecular flexibility index (Phi) is 3.09. The molecule has 0 spiro atoms. The van der Waals surface area contributed by atoms with Crippen LogP contribution in [0.25, 0.3) is 5.57 Å². The quantitative estimate of drug-likeness (QED) is 0.446. The number of nitrogens with zero attached hydrogens (tertiary/aromatic N) is 1. The van der Waals surface area contributed by atoms with Crippen molar-refractivity contribution in [1.29, 1.82) is 5.26 Å². The smallest absolute Gasteiger partial charge is 0.337 e. The summed E-state index contributed by atoms with van der Waals surface area (Å²) in [7, 11) is 1.27. The Bertz CT molecular complexity index is 458. The summed E-state index contributed by atoms with van der Waals surface area (Å²) in [6.07, 6.45) is 0. The van der Waals surface area contributed by atoms with Gasteiger partial charge in [-0.15, -0.1) is 0 Å². The number of hydrogen-bond donors (Lipinski definition) is 1. The Hall–Kier alpha value is -2.28. The third kappa shape index (κ3) is 2.15. The molecule has 1 rings (SSSR count). The topological polar surface area (TPSA) is 76.1 Å². The van der Waals surface area contributed by atoms with Crippen LogP contribution in [0.5, 0.6) is 0 Å². The van der Waals surface area contributed by atoms with Gasteiger partial charge in [0, 0.05) is 11.3 Å². The molecule has 0 aliphatic heterocycles. The van der Waals surface area contributed by atoms with E-state index in [-0.39, 0.29) is 5.57 Å². The second kappa shape index (κ2) is 4.29. The third-order valence-electron chi connectivity index (χ3n) is 1.94. The van der Waals surface area contributed by atoms with E-state index in [1.54, 1.807) is 12.1 Å². The molecule has 15 heavy (non-hydrogen) atoms. The van der Waals surface area contributed by atoms with E-state index in [0.29, 0.717) is 16.8 Å². The summed E-state index contributed by atoms with van der Waals surface area (Å²) in [5.74, 6) is -0.536. The normalized spacial score (nSPS) is 9.07. The minimum atomic E-state index is -0.536. The number of nitriles is 1. The van der Waals surface area contributed by atoms with E-state index in [4.69, 9.17) is 11.0 Å². The van der Waals surface area contributed by atoms with Gasteiger partial charge in [0.15, 0.2) is 0 Å². The van der Waals surface area contributed by atoms with Crippen molar-refractivity contribution < 1.29 is 9.53 Å². The zero-order chi connectivity index (χ0) is 11.4. The molecule has 4 nitrogen and oxygen atoms in total. The molecule has 0 heterocycles. The number of methoxy groups -OCH3 is 1. The van der Waals surface area contributed by atoms with Crippen LogP contribution in [0.15, 0.2) is 24.8 Å². The fourth-order valence-electron chi connectivity index (χ4n) is 1.14. The molecule has 0 aliphatic carbocycles. The number of carbonyl (C=O) groups is 1. The van der Waals surface area contributed by atoms with Gasteiger partial charge >= 0.3 is 5.97 Å². The molecular weight excluding hydrogens is 192 g/mol. The first-order valence-corrected chi connectivity index (χ1v) is 4.17. The van der Waals surface area contributed by atoms with E-state index < -0.39 is 5.97 Å². The van der Waals surface area contributed by atoms with Crippen molar-refractivity contribution in [2.24, 2.45) is 0 Å². The second-order valence-electron chi connectivity index (χ2n) is 2.88. The first-order valence-electron chi connectivity index (χ1n) is 4.17. The lowest BCUT2D eigenvalue weighted by molar-refractivity contribution is -0.133. The zero-order valence-electron chi connectivity index (χ0n) is 8.28. The van der Waals surface area contributed by atoms with Gasteiger partial charge in [-0.2, -0.15) is 5.26 Å². The highest BCUT2D eigenvalue weighted by Crippen LogP contribution is 2.22. The fraction of sp³-hybridized carbons (Fsp3) is 0.0909. The average molecular weight is 202 g/mol. The van der Waals surface area contributed by atoms with E-state index >= 15 is 0 Å². The highest BCUT2D eigenvalue weighted by molar-refractivity contribution is 6.17. The molecule has 76 valence electrons. The predicted molar refractivity (Wildman–Crippen MR) is 56.6 cm³/mol. The largest absolute Gasteiger partial charge is 0.465 e. The van der Waals surface area contributed by atoms with Crippen molar-refractivity contribution in [3.63, 3.8) is 0 Å². The van der Waals surface area contributed by atoms with Crippen LogP contribution in [0.2, 0.25) is 0 Å². The molecule has 0 saturated carbocycles. The molecule has 1 aromatic carbocycles. The predicted octanol–water partition coefficient (Wildman–Crippen LogP) is 1.33. The van der Waals surface area contributed by atoms with Crippen molar-refractivity contribution in [3.8, 4) is 6.07 Å². The van der Waals surface area contributed by atoms with Gasteiger partial charge in [0.1, 0.15) is 0 Å². The SMILES string of the molecule is C=C(C(=O)OC)c1ccc(C#N)cc1N.